The van der Waals surface area contributed by atoms with Crippen molar-refractivity contribution in [3.63, 3.8) is 0 Å². The second-order valence-corrected chi connectivity index (χ2v) is 9.76. The molecule has 1 N–H and O–H groups in total. The van der Waals surface area contributed by atoms with Crippen molar-refractivity contribution in [1.29, 1.82) is 5.26 Å². The summed E-state index contributed by atoms with van der Waals surface area (Å²) < 4.78 is 18.5. The molecule has 32 heavy (non-hydrogen) atoms. The molecule has 0 fully saturated rings. The minimum Gasteiger partial charge on any atom is -0.373 e. The molecule has 170 valence electrons. The Morgan fingerprint density at radius 3 is 2.00 bits per heavy atom. The van der Waals surface area contributed by atoms with Crippen LogP contribution in [0.5, 0.6) is 0 Å². The van der Waals surface area contributed by atoms with Crippen molar-refractivity contribution in [2.75, 3.05) is 26.4 Å². The van der Waals surface area contributed by atoms with Crippen LogP contribution in [-0.4, -0.2) is 41.1 Å². The summed E-state index contributed by atoms with van der Waals surface area (Å²) in [5.41, 5.74) is 1.77. The Kier molecular flexibility index (Phi) is 10.8. The summed E-state index contributed by atoms with van der Waals surface area (Å²) in [4.78, 5) is 12.6. The van der Waals surface area contributed by atoms with Gasteiger partial charge in [0.1, 0.15) is 11.6 Å². The van der Waals surface area contributed by atoms with Crippen LogP contribution in [0, 0.1) is 11.3 Å². The first kappa shape index (κ1) is 25.5. The molecule has 1 atom stereocenters. The molecule has 0 saturated carbocycles. The van der Waals surface area contributed by atoms with Gasteiger partial charge in [-0.2, -0.15) is 5.26 Å². The van der Waals surface area contributed by atoms with Crippen LogP contribution in [0.4, 0.5) is 0 Å². The molecule has 0 bridgehead atoms. The molecule has 7 heteroatoms. The molecule has 6 nitrogen and oxygen atoms in total. The first-order chi connectivity index (χ1) is 15.6. The van der Waals surface area contributed by atoms with E-state index in [9.17, 15) is 10.1 Å². The maximum atomic E-state index is 12.6. The summed E-state index contributed by atoms with van der Waals surface area (Å²) in [5.74, 6) is -0.403. The summed E-state index contributed by atoms with van der Waals surface area (Å²) in [6.45, 7) is 7.56. The number of nitriles is 1. The standard InChI is InChI=1S/C25H32N2O4Si/c1-4-29-32(30-5-2,31-6-3)24(22-15-11-8-12-16-22)17-18-27-25(28)23(20-26)19-21-13-9-7-10-14-21/h7-16,19,24H,4-6,17-18H2,1-3H3,(H,27,28). The van der Waals surface area contributed by atoms with E-state index in [2.05, 4.69) is 5.32 Å². The third kappa shape index (κ3) is 7.14. The van der Waals surface area contributed by atoms with Crippen molar-refractivity contribution in [2.24, 2.45) is 0 Å². The molecule has 0 radical (unpaired) electrons. The summed E-state index contributed by atoms with van der Waals surface area (Å²) in [7, 11) is -3.07. The van der Waals surface area contributed by atoms with Crippen LogP contribution in [0.3, 0.4) is 0 Å². The normalized spacial score (nSPS) is 12.8. The van der Waals surface area contributed by atoms with E-state index < -0.39 is 14.7 Å². The molecule has 0 aliphatic heterocycles. The number of nitrogens with one attached hydrogen (secondary N) is 1. The molecule has 0 heterocycles. The van der Waals surface area contributed by atoms with E-state index in [1.165, 1.54) is 0 Å². The van der Waals surface area contributed by atoms with Crippen molar-refractivity contribution in [3.8, 4) is 6.07 Å². The number of amides is 1. The molecule has 2 aromatic carbocycles. The summed E-state index contributed by atoms with van der Waals surface area (Å²) >= 11 is 0. The lowest BCUT2D eigenvalue weighted by molar-refractivity contribution is -0.117. The van der Waals surface area contributed by atoms with E-state index in [-0.39, 0.29) is 11.1 Å². The smallest absolute Gasteiger partial charge is 0.373 e. The average molecular weight is 453 g/mol. The van der Waals surface area contributed by atoms with Crippen molar-refractivity contribution in [3.05, 3.63) is 77.4 Å². The van der Waals surface area contributed by atoms with Crippen LogP contribution in [0.25, 0.3) is 6.08 Å². The van der Waals surface area contributed by atoms with Crippen molar-refractivity contribution >= 4 is 20.8 Å². The largest absolute Gasteiger partial charge is 0.508 e. The van der Waals surface area contributed by atoms with Gasteiger partial charge in [-0.05, 0) is 44.4 Å². The highest BCUT2D eigenvalue weighted by Gasteiger charge is 2.49. The number of hydrogen-bond donors (Lipinski definition) is 1. The van der Waals surface area contributed by atoms with Gasteiger partial charge in [0.25, 0.3) is 5.91 Å². The van der Waals surface area contributed by atoms with Gasteiger partial charge in [-0.3, -0.25) is 4.79 Å². The Labute approximate surface area is 192 Å². The number of benzene rings is 2. The van der Waals surface area contributed by atoms with E-state index in [0.717, 1.165) is 11.1 Å². The maximum absolute atomic E-state index is 12.6. The number of carbonyl (C=O) groups is 1. The maximum Gasteiger partial charge on any atom is 0.508 e. The predicted molar refractivity (Wildman–Crippen MR) is 127 cm³/mol. The Hall–Kier alpha value is -2.76. The van der Waals surface area contributed by atoms with Crippen LogP contribution in [0.15, 0.2) is 66.2 Å². The SMILES string of the molecule is CCO[Si](OCC)(OCC)C(CCNC(=O)C(C#N)=Cc1ccccc1)c1ccccc1. The van der Waals surface area contributed by atoms with E-state index in [1.807, 2.05) is 87.5 Å². The second kappa shape index (κ2) is 13.6. The lowest BCUT2D eigenvalue weighted by atomic mass is 10.1. The van der Waals surface area contributed by atoms with Gasteiger partial charge in [0.15, 0.2) is 0 Å². The quantitative estimate of drug-likeness (QED) is 0.275. The molecule has 2 aromatic rings. The molecule has 0 aliphatic carbocycles. The Bertz CT molecular complexity index is 880. The molecular formula is C25H32N2O4Si. The van der Waals surface area contributed by atoms with E-state index in [4.69, 9.17) is 13.3 Å². The Morgan fingerprint density at radius 1 is 0.969 bits per heavy atom. The number of rotatable bonds is 13. The highest BCUT2D eigenvalue weighted by molar-refractivity contribution is 6.62. The highest BCUT2D eigenvalue weighted by atomic mass is 28.4. The van der Waals surface area contributed by atoms with Gasteiger partial charge in [0.05, 0.1) is 5.54 Å². The third-order valence-electron chi connectivity index (χ3n) is 4.86. The van der Waals surface area contributed by atoms with Crippen molar-refractivity contribution in [1.82, 2.24) is 5.32 Å². The Morgan fingerprint density at radius 2 is 1.50 bits per heavy atom. The highest BCUT2D eigenvalue weighted by Crippen LogP contribution is 2.33. The van der Waals surface area contributed by atoms with E-state index in [1.54, 1.807) is 6.08 Å². The van der Waals surface area contributed by atoms with Gasteiger partial charge in [-0.15, -0.1) is 0 Å². The van der Waals surface area contributed by atoms with Crippen LogP contribution in [0.1, 0.15) is 43.9 Å². The zero-order valence-corrected chi connectivity index (χ0v) is 20.0. The van der Waals surface area contributed by atoms with Crippen LogP contribution in [-0.2, 0) is 18.1 Å². The van der Waals surface area contributed by atoms with Crippen LogP contribution >= 0.6 is 0 Å². The summed E-state index contributed by atoms with van der Waals surface area (Å²) in [6.07, 6.45) is 2.15. The lowest BCUT2D eigenvalue weighted by Gasteiger charge is -2.35. The number of hydrogen-bond acceptors (Lipinski definition) is 5. The number of carbonyl (C=O) groups excluding carboxylic acids is 1. The number of nitrogens with zero attached hydrogens (tertiary/aromatic N) is 1. The van der Waals surface area contributed by atoms with Gasteiger partial charge >= 0.3 is 8.80 Å². The fourth-order valence-corrected chi connectivity index (χ4v) is 6.71. The van der Waals surface area contributed by atoms with Gasteiger partial charge in [0.2, 0.25) is 0 Å². The summed E-state index contributed by atoms with van der Waals surface area (Å²) in [5, 5.41) is 12.3. The van der Waals surface area contributed by atoms with Crippen LogP contribution in [0.2, 0.25) is 0 Å². The van der Waals surface area contributed by atoms with Gasteiger partial charge in [-0.25, -0.2) is 0 Å². The van der Waals surface area contributed by atoms with E-state index >= 15 is 0 Å². The minimum atomic E-state index is -3.07. The topological polar surface area (TPSA) is 80.6 Å². The van der Waals surface area contributed by atoms with Gasteiger partial charge in [0, 0.05) is 26.4 Å². The van der Waals surface area contributed by atoms with Crippen molar-refractivity contribution < 1.29 is 18.1 Å². The van der Waals surface area contributed by atoms with Gasteiger partial charge in [-0.1, -0.05) is 60.7 Å². The third-order valence-corrected chi connectivity index (χ3v) is 8.41. The first-order valence-corrected chi connectivity index (χ1v) is 12.8. The fourth-order valence-electron chi connectivity index (χ4n) is 3.55. The minimum absolute atomic E-state index is 0.0652. The molecule has 2 rings (SSSR count). The zero-order chi connectivity index (χ0) is 23.2. The molecule has 0 spiro atoms. The Balaban J connectivity index is 2.20. The summed E-state index contributed by atoms with van der Waals surface area (Å²) in [6, 6.07) is 21.3. The molecule has 1 amide bonds. The fraction of sp³-hybridized carbons (Fsp3) is 0.360. The molecular weight excluding hydrogens is 420 g/mol. The van der Waals surface area contributed by atoms with Gasteiger partial charge < -0.3 is 18.6 Å². The predicted octanol–water partition coefficient (Wildman–Crippen LogP) is 4.47. The second-order valence-electron chi connectivity index (χ2n) is 6.99. The van der Waals surface area contributed by atoms with Crippen LogP contribution < -0.4 is 5.32 Å². The zero-order valence-electron chi connectivity index (χ0n) is 19.0. The lowest BCUT2D eigenvalue weighted by Crippen LogP contribution is -2.52. The van der Waals surface area contributed by atoms with Crippen molar-refractivity contribution in [2.45, 2.75) is 32.7 Å². The first-order valence-electron chi connectivity index (χ1n) is 11.0. The monoisotopic (exact) mass is 452 g/mol. The average Bonchev–Trinajstić information content (AvgIpc) is 2.82. The molecule has 0 aliphatic rings. The molecule has 0 saturated heterocycles. The molecule has 1 unspecified atom stereocenters. The van der Waals surface area contributed by atoms with E-state index in [0.29, 0.717) is 32.8 Å². The molecule has 0 aromatic heterocycles.